The molecule has 25 heavy (non-hydrogen) atoms. The SMILES string of the molecule is O=C(C1CCN(c2cc(C(F)(F)F)ccn2)CC1)N1CCCCCC1. The molecule has 0 saturated carbocycles. The van der Waals surface area contributed by atoms with Crippen molar-refractivity contribution < 1.29 is 18.0 Å². The molecule has 0 N–H and O–H groups in total. The summed E-state index contributed by atoms with van der Waals surface area (Å²) in [7, 11) is 0. The first kappa shape index (κ1) is 18.0. The number of carbonyl (C=O) groups is 1. The Hall–Kier alpha value is -1.79. The molecule has 0 spiro atoms. The fourth-order valence-corrected chi connectivity index (χ4v) is 3.67. The number of rotatable bonds is 2. The lowest BCUT2D eigenvalue weighted by Gasteiger charge is -2.34. The average Bonchev–Trinajstić information content (AvgIpc) is 2.90. The maximum atomic E-state index is 12.8. The van der Waals surface area contributed by atoms with E-state index in [1.807, 2.05) is 9.80 Å². The zero-order chi connectivity index (χ0) is 17.9. The van der Waals surface area contributed by atoms with Crippen LogP contribution in [0.15, 0.2) is 18.3 Å². The van der Waals surface area contributed by atoms with Gasteiger partial charge in [0, 0.05) is 38.3 Å². The van der Waals surface area contributed by atoms with Gasteiger partial charge < -0.3 is 9.80 Å². The van der Waals surface area contributed by atoms with Gasteiger partial charge in [0.25, 0.3) is 0 Å². The van der Waals surface area contributed by atoms with Crippen LogP contribution in [0.3, 0.4) is 0 Å². The summed E-state index contributed by atoms with van der Waals surface area (Å²) >= 11 is 0. The van der Waals surface area contributed by atoms with Crippen LogP contribution in [0.1, 0.15) is 44.1 Å². The van der Waals surface area contributed by atoms with E-state index < -0.39 is 11.7 Å². The number of amides is 1. The van der Waals surface area contributed by atoms with Gasteiger partial charge in [0.1, 0.15) is 5.82 Å². The van der Waals surface area contributed by atoms with E-state index in [1.54, 1.807) is 0 Å². The Morgan fingerprint density at radius 3 is 2.28 bits per heavy atom. The molecule has 2 saturated heterocycles. The van der Waals surface area contributed by atoms with Crippen molar-refractivity contribution in [3.8, 4) is 0 Å². The molecule has 2 aliphatic heterocycles. The molecule has 3 rings (SSSR count). The molecule has 2 fully saturated rings. The molecule has 4 nitrogen and oxygen atoms in total. The predicted molar refractivity (Wildman–Crippen MR) is 89.2 cm³/mol. The minimum atomic E-state index is -4.36. The second kappa shape index (κ2) is 7.62. The molecular weight excluding hydrogens is 331 g/mol. The molecule has 1 amide bonds. The van der Waals surface area contributed by atoms with E-state index in [2.05, 4.69) is 4.98 Å². The molecule has 1 aromatic heterocycles. The summed E-state index contributed by atoms with van der Waals surface area (Å²) < 4.78 is 38.5. The van der Waals surface area contributed by atoms with Crippen LogP contribution in [0.25, 0.3) is 0 Å². The smallest absolute Gasteiger partial charge is 0.357 e. The van der Waals surface area contributed by atoms with E-state index in [4.69, 9.17) is 0 Å². The largest absolute Gasteiger partial charge is 0.416 e. The Morgan fingerprint density at radius 1 is 1.04 bits per heavy atom. The zero-order valence-electron chi connectivity index (χ0n) is 14.3. The van der Waals surface area contributed by atoms with Crippen molar-refractivity contribution in [1.29, 1.82) is 0 Å². The normalized spacial score (nSPS) is 20.4. The number of hydrogen-bond donors (Lipinski definition) is 0. The second-order valence-electron chi connectivity index (χ2n) is 6.90. The van der Waals surface area contributed by atoms with E-state index in [1.165, 1.54) is 19.0 Å². The third-order valence-corrected chi connectivity index (χ3v) is 5.16. The number of anilines is 1. The summed E-state index contributed by atoms with van der Waals surface area (Å²) in [4.78, 5) is 20.6. The molecular formula is C18H24F3N3O. The summed E-state index contributed by atoms with van der Waals surface area (Å²) in [6.45, 7) is 2.82. The van der Waals surface area contributed by atoms with Crippen LogP contribution in [-0.4, -0.2) is 42.0 Å². The molecule has 2 aliphatic rings. The Kier molecular flexibility index (Phi) is 5.49. The van der Waals surface area contributed by atoms with Crippen molar-refractivity contribution in [2.75, 3.05) is 31.1 Å². The van der Waals surface area contributed by atoms with Crippen LogP contribution in [0, 0.1) is 5.92 Å². The Balaban J connectivity index is 1.59. The Morgan fingerprint density at radius 2 is 1.68 bits per heavy atom. The summed E-state index contributed by atoms with van der Waals surface area (Å²) in [5, 5.41) is 0. The number of likely N-dealkylation sites (tertiary alicyclic amines) is 1. The summed E-state index contributed by atoms with van der Waals surface area (Å²) in [6.07, 6.45) is 2.69. The highest BCUT2D eigenvalue weighted by atomic mass is 19.4. The number of alkyl halides is 3. The zero-order valence-corrected chi connectivity index (χ0v) is 14.3. The lowest BCUT2D eigenvalue weighted by Crippen LogP contribution is -2.43. The first-order chi connectivity index (χ1) is 11.9. The summed E-state index contributed by atoms with van der Waals surface area (Å²) in [5.74, 6) is 0.550. The molecule has 7 heteroatoms. The van der Waals surface area contributed by atoms with Gasteiger partial charge in [0.15, 0.2) is 0 Å². The van der Waals surface area contributed by atoms with Crippen molar-refractivity contribution in [3.05, 3.63) is 23.9 Å². The van der Waals surface area contributed by atoms with E-state index in [-0.39, 0.29) is 11.8 Å². The molecule has 0 bridgehead atoms. The van der Waals surface area contributed by atoms with Crippen LogP contribution in [0.4, 0.5) is 19.0 Å². The standard InChI is InChI=1S/C18H24F3N3O/c19-18(20,21)15-5-8-22-16(13-15)23-11-6-14(7-12-23)17(25)24-9-3-1-2-4-10-24/h5,8,13-14H,1-4,6-7,9-12H2. The van der Waals surface area contributed by atoms with Gasteiger partial charge in [-0.15, -0.1) is 0 Å². The summed E-state index contributed by atoms with van der Waals surface area (Å²) in [6, 6.07) is 2.08. The van der Waals surface area contributed by atoms with Gasteiger partial charge in [-0.2, -0.15) is 13.2 Å². The predicted octanol–water partition coefficient (Wildman–Crippen LogP) is 3.72. The number of nitrogens with zero attached hydrogens (tertiary/aromatic N) is 3. The van der Waals surface area contributed by atoms with Crippen LogP contribution < -0.4 is 4.90 Å². The average molecular weight is 355 g/mol. The first-order valence-electron chi connectivity index (χ1n) is 9.02. The lowest BCUT2D eigenvalue weighted by molar-refractivity contribution is -0.137. The number of carbonyl (C=O) groups excluding carboxylic acids is 1. The minimum absolute atomic E-state index is 0.0138. The van der Waals surface area contributed by atoms with E-state index in [0.29, 0.717) is 31.7 Å². The van der Waals surface area contributed by atoms with E-state index in [0.717, 1.165) is 38.1 Å². The molecule has 0 aromatic carbocycles. The van der Waals surface area contributed by atoms with Crippen molar-refractivity contribution >= 4 is 11.7 Å². The van der Waals surface area contributed by atoms with Crippen LogP contribution in [0.2, 0.25) is 0 Å². The number of halogens is 3. The Bertz CT molecular complexity index is 589. The molecule has 0 radical (unpaired) electrons. The van der Waals surface area contributed by atoms with Gasteiger partial charge in [-0.25, -0.2) is 4.98 Å². The monoisotopic (exact) mass is 355 g/mol. The van der Waals surface area contributed by atoms with Crippen LogP contribution in [-0.2, 0) is 11.0 Å². The van der Waals surface area contributed by atoms with Crippen molar-refractivity contribution in [2.24, 2.45) is 5.92 Å². The molecule has 3 heterocycles. The van der Waals surface area contributed by atoms with E-state index in [9.17, 15) is 18.0 Å². The van der Waals surface area contributed by atoms with Crippen molar-refractivity contribution in [1.82, 2.24) is 9.88 Å². The third-order valence-electron chi connectivity index (χ3n) is 5.16. The minimum Gasteiger partial charge on any atom is -0.357 e. The number of piperidine rings is 1. The fourth-order valence-electron chi connectivity index (χ4n) is 3.67. The number of hydrogen-bond acceptors (Lipinski definition) is 3. The van der Waals surface area contributed by atoms with E-state index >= 15 is 0 Å². The highest BCUT2D eigenvalue weighted by Crippen LogP contribution is 2.32. The first-order valence-corrected chi connectivity index (χ1v) is 9.02. The topological polar surface area (TPSA) is 36.4 Å². The molecule has 0 atom stereocenters. The quantitative estimate of drug-likeness (QED) is 0.811. The lowest BCUT2D eigenvalue weighted by atomic mass is 9.95. The highest BCUT2D eigenvalue weighted by molar-refractivity contribution is 5.79. The van der Waals surface area contributed by atoms with Gasteiger partial charge in [0.2, 0.25) is 5.91 Å². The summed E-state index contributed by atoms with van der Waals surface area (Å²) in [5.41, 5.74) is -0.680. The second-order valence-corrected chi connectivity index (χ2v) is 6.90. The molecule has 138 valence electrons. The van der Waals surface area contributed by atoms with Crippen LogP contribution in [0.5, 0.6) is 0 Å². The van der Waals surface area contributed by atoms with Crippen molar-refractivity contribution in [3.63, 3.8) is 0 Å². The molecule has 0 aliphatic carbocycles. The Labute approximate surface area is 146 Å². The van der Waals surface area contributed by atoms with Gasteiger partial charge in [-0.05, 0) is 37.8 Å². The maximum absolute atomic E-state index is 12.8. The number of aromatic nitrogens is 1. The van der Waals surface area contributed by atoms with Gasteiger partial charge in [0.05, 0.1) is 5.56 Å². The van der Waals surface area contributed by atoms with Gasteiger partial charge in [-0.3, -0.25) is 4.79 Å². The molecule has 1 aromatic rings. The maximum Gasteiger partial charge on any atom is 0.416 e. The van der Waals surface area contributed by atoms with Crippen molar-refractivity contribution in [2.45, 2.75) is 44.7 Å². The fraction of sp³-hybridized carbons (Fsp3) is 0.667. The highest BCUT2D eigenvalue weighted by Gasteiger charge is 2.33. The third kappa shape index (κ3) is 4.44. The molecule has 0 unspecified atom stereocenters. The number of pyridine rings is 1. The van der Waals surface area contributed by atoms with Crippen LogP contribution >= 0.6 is 0 Å². The van der Waals surface area contributed by atoms with Gasteiger partial charge >= 0.3 is 6.18 Å². The van der Waals surface area contributed by atoms with Gasteiger partial charge in [-0.1, -0.05) is 12.8 Å².